The Morgan fingerprint density at radius 2 is 2.00 bits per heavy atom. The Balaban J connectivity index is 1.97. The second-order valence-electron chi connectivity index (χ2n) is 3.85. The van der Waals surface area contributed by atoms with E-state index in [-0.39, 0.29) is 5.75 Å². The van der Waals surface area contributed by atoms with Crippen LogP contribution in [0.15, 0.2) is 47.2 Å². The second kappa shape index (κ2) is 6.12. The van der Waals surface area contributed by atoms with Crippen molar-refractivity contribution >= 4 is 31.8 Å². The average molecular weight is 342 g/mol. The summed E-state index contributed by atoms with van der Waals surface area (Å²) in [6.07, 6.45) is 3.55. The average Bonchev–Trinajstić information content (AvgIpc) is 2.40. The van der Waals surface area contributed by atoms with Crippen LogP contribution in [0.1, 0.15) is 5.69 Å². The molecule has 0 bridgehead atoms. The monoisotopic (exact) mass is 341 g/mol. The van der Waals surface area contributed by atoms with Crippen molar-refractivity contribution in [2.45, 2.75) is 6.42 Å². The van der Waals surface area contributed by atoms with Gasteiger partial charge in [0.25, 0.3) is 0 Å². The molecule has 0 saturated heterocycles. The summed E-state index contributed by atoms with van der Waals surface area (Å²) in [6.45, 7) is 0. The van der Waals surface area contributed by atoms with Gasteiger partial charge in [0.1, 0.15) is 5.82 Å². The van der Waals surface area contributed by atoms with Crippen LogP contribution in [0.3, 0.4) is 0 Å². The Hall–Kier alpha value is -1.47. The van der Waals surface area contributed by atoms with Gasteiger partial charge in [-0.25, -0.2) is 13.4 Å². The van der Waals surface area contributed by atoms with Gasteiger partial charge in [0.2, 0.25) is 10.0 Å². The van der Waals surface area contributed by atoms with E-state index in [2.05, 4.69) is 30.6 Å². The van der Waals surface area contributed by atoms with E-state index >= 15 is 0 Å². The lowest BCUT2D eigenvalue weighted by Gasteiger charge is -2.06. The number of nitrogens with zero attached hydrogens (tertiary/aromatic N) is 2. The predicted molar refractivity (Wildman–Crippen MR) is 77.3 cm³/mol. The third-order valence-electron chi connectivity index (χ3n) is 2.34. The molecule has 0 aliphatic heterocycles. The number of aromatic nitrogens is 2. The minimum atomic E-state index is -3.41. The van der Waals surface area contributed by atoms with Crippen LogP contribution in [0, 0.1) is 0 Å². The Morgan fingerprint density at radius 3 is 2.63 bits per heavy atom. The molecular formula is C12H12BrN3O2S. The van der Waals surface area contributed by atoms with E-state index in [9.17, 15) is 8.42 Å². The molecule has 2 rings (SSSR count). The first-order chi connectivity index (χ1) is 9.05. The summed E-state index contributed by atoms with van der Waals surface area (Å²) in [6, 6.07) is 8.75. The smallest absolute Gasteiger partial charge is 0.234 e. The van der Waals surface area contributed by atoms with Crippen molar-refractivity contribution in [2.24, 2.45) is 0 Å². The van der Waals surface area contributed by atoms with Crippen LogP contribution in [0.2, 0.25) is 0 Å². The molecule has 0 aliphatic rings. The van der Waals surface area contributed by atoms with Crippen LogP contribution in [0.4, 0.5) is 5.82 Å². The number of sulfonamides is 1. The fourth-order valence-corrected chi connectivity index (χ4v) is 2.69. The maximum absolute atomic E-state index is 11.9. The summed E-state index contributed by atoms with van der Waals surface area (Å²) in [4.78, 5) is 8.05. The molecule has 1 N–H and O–H groups in total. The minimum absolute atomic E-state index is 0.0260. The SMILES string of the molecule is O=S(=O)(CCc1ccccn1)Nc1ccc(Br)cn1. The molecule has 0 aromatic carbocycles. The van der Waals surface area contributed by atoms with Crippen LogP contribution in [-0.2, 0) is 16.4 Å². The Kier molecular flexibility index (Phi) is 4.49. The minimum Gasteiger partial charge on any atom is -0.267 e. The molecule has 0 spiro atoms. The number of pyridine rings is 2. The van der Waals surface area contributed by atoms with Crippen molar-refractivity contribution in [1.29, 1.82) is 0 Å². The van der Waals surface area contributed by atoms with E-state index in [0.717, 1.165) is 10.2 Å². The molecule has 2 heterocycles. The van der Waals surface area contributed by atoms with Crippen molar-refractivity contribution < 1.29 is 8.42 Å². The lowest BCUT2D eigenvalue weighted by Crippen LogP contribution is -2.19. The second-order valence-corrected chi connectivity index (χ2v) is 6.61. The Labute approximate surface area is 120 Å². The molecule has 2 aromatic rings. The summed E-state index contributed by atoms with van der Waals surface area (Å²) in [5.74, 6) is 0.283. The lowest BCUT2D eigenvalue weighted by atomic mass is 10.3. The van der Waals surface area contributed by atoms with E-state index in [1.54, 1.807) is 30.5 Å². The van der Waals surface area contributed by atoms with Gasteiger partial charge < -0.3 is 0 Å². The zero-order valence-electron chi connectivity index (χ0n) is 9.95. The van der Waals surface area contributed by atoms with E-state index in [0.29, 0.717) is 12.2 Å². The molecule has 0 aliphatic carbocycles. The molecule has 0 saturated carbocycles. The van der Waals surface area contributed by atoms with Gasteiger partial charge in [-0.1, -0.05) is 6.07 Å². The van der Waals surface area contributed by atoms with Gasteiger partial charge in [0, 0.05) is 29.0 Å². The van der Waals surface area contributed by atoms with Gasteiger partial charge in [-0.3, -0.25) is 9.71 Å². The number of nitrogens with one attached hydrogen (secondary N) is 1. The lowest BCUT2D eigenvalue weighted by molar-refractivity contribution is 0.600. The van der Waals surface area contributed by atoms with Crippen molar-refractivity contribution in [3.63, 3.8) is 0 Å². The van der Waals surface area contributed by atoms with Crippen LogP contribution >= 0.6 is 15.9 Å². The van der Waals surface area contributed by atoms with Crippen LogP contribution < -0.4 is 4.72 Å². The van der Waals surface area contributed by atoms with E-state index in [4.69, 9.17) is 0 Å². The fraction of sp³-hybridized carbons (Fsp3) is 0.167. The standard InChI is InChI=1S/C12H12BrN3O2S/c13-10-4-5-12(15-9-10)16-19(17,18)8-6-11-3-1-2-7-14-11/h1-5,7,9H,6,8H2,(H,15,16). The van der Waals surface area contributed by atoms with Crippen molar-refractivity contribution in [3.8, 4) is 0 Å². The number of hydrogen-bond acceptors (Lipinski definition) is 4. The van der Waals surface area contributed by atoms with Gasteiger partial charge in [-0.15, -0.1) is 0 Å². The Bertz CT molecular complexity index is 630. The third-order valence-corrected chi connectivity index (χ3v) is 4.07. The molecule has 0 fully saturated rings. The van der Waals surface area contributed by atoms with E-state index < -0.39 is 10.0 Å². The van der Waals surface area contributed by atoms with E-state index in [1.165, 1.54) is 6.20 Å². The van der Waals surface area contributed by atoms with Gasteiger partial charge >= 0.3 is 0 Å². The predicted octanol–water partition coefficient (Wildman–Crippen LogP) is 2.22. The van der Waals surface area contributed by atoms with Gasteiger partial charge in [0.05, 0.1) is 5.75 Å². The zero-order chi connectivity index (χ0) is 13.7. The fourth-order valence-electron chi connectivity index (χ4n) is 1.43. The quantitative estimate of drug-likeness (QED) is 0.904. The van der Waals surface area contributed by atoms with Crippen molar-refractivity contribution in [2.75, 3.05) is 10.5 Å². The number of halogens is 1. The topological polar surface area (TPSA) is 72.0 Å². The summed E-state index contributed by atoms with van der Waals surface area (Å²) in [5, 5.41) is 0. The van der Waals surface area contributed by atoms with Crippen molar-refractivity contribution in [1.82, 2.24) is 9.97 Å². The highest BCUT2D eigenvalue weighted by molar-refractivity contribution is 9.10. The number of hydrogen-bond donors (Lipinski definition) is 1. The first-order valence-corrected chi connectivity index (χ1v) is 8.02. The molecule has 0 amide bonds. The number of aryl methyl sites for hydroxylation is 1. The maximum Gasteiger partial charge on any atom is 0.234 e. The molecule has 0 unspecified atom stereocenters. The van der Waals surface area contributed by atoms with Gasteiger partial charge in [-0.05, 0) is 40.2 Å². The maximum atomic E-state index is 11.9. The summed E-state index contributed by atoms with van der Waals surface area (Å²) < 4.78 is 27.0. The third kappa shape index (κ3) is 4.60. The first-order valence-electron chi connectivity index (χ1n) is 5.57. The van der Waals surface area contributed by atoms with Gasteiger partial charge in [-0.2, -0.15) is 0 Å². The molecule has 0 atom stereocenters. The highest BCUT2D eigenvalue weighted by Gasteiger charge is 2.11. The van der Waals surface area contributed by atoms with E-state index in [1.807, 2.05) is 6.07 Å². The summed E-state index contributed by atoms with van der Waals surface area (Å²) in [7, 11) is -3.41. The molecule has 7 heteroatoms. The number of rotatable bonds is 5. The Morgan fingerprint density at radius 1 is 1.16 bits per heavy atom. The molecule has 5 nitrogen and oxygen atoms in total. The first kappa shape index (κ1) is 14.0. The highest BCUT2D eigenvalue weighted by atomic mass is 79.9. The molecule has 2 aromatic heterocycles. The largest absolute Gasteiger partial charge is 0.267 e. The number of anilines is 1. The molecule has 100 valence electrons. The summed E-state index contributed by atoms with van der Waals surface area (Å²) in [5.41, 5.74) is 0.747. The zero-order valence-corrected chi connectivity index (χ0v) is 12.4. The van der Waals surface area contributed by atoms with Crippen LogP contribution in [0.25, 0.3) is 0 Å². The van der Waals surface area contributed by atoms with Gasteiger partial charge in [0.15, 0.2) is 0 Å². The normalized spacial score (nSPS) is 11.2. The molecular weight excluding hydrogens is 330 g/mol. The molecule has 0 radical (unpaired) electrons. The van der Waals surface area contributed by atoms with Crippen LogP contribution in [-0.4, -0.2) is 24.1 Å². The molecule has 19 heavy (non-hydrogen) atoms. The summed E-state index contributed by atoms with van der Waals surface area (Å²) >= 11 is 3.24. The van der Waals surface area contributed by atoms with Crippen LogP contribution in [0.5, 0.6) is 0 Å². The highest BCUT2D eigenvalue weighted by Crippen LogP contribution is 2.12. The van der Waals surface area contributed by atoms with Crippen molar-refractivity contribution in [3.05, 3.63) is 52.9 Å².